The number of para-hydroxylation sites is 1. The number of hydrogen-bond donors (Lipinski definition) is 0. The third-order valence-corrected chi connectivity index (χ3v) is 5.10. The molecule has 0 fully saturated rings. The average molecular weight is 438 g/mol. The summed E-state index contributed by atoms with van der Waals surface area (Å²) < 4.78 is 51.2. The summed E-state index contributed by atoms with van der Waals surface area (Å²) in [4.78, 5) is 4.40. The minimum Gasteiger partial charge on any atom is -0.435 e. The highest BCUT2D eigenvalue weighted by atomic mass is 79.9. The third kappa shape index (κ3) is 3.00. The number of ether oxygens (including phenoxy) is 2. The first-order valence-corrected chi connectivity index (χ1v) is 8.74. The molecule has 0 amide bonds. The van der Waals surface area contributed by atoms with Gasteiger partial charge in [-0.1, -0.05) is 18.2 Å². The molecule has 2 aromatic heterocycles. The van der Waals surface area contributed by atoms with Crippen LogP contribution >= 0.6 is 15.9 Å². The van der Waals surface area contributed by atoms with Crippen LogP contribution in [0.2, 0.25) is 0 Å². The van der Waals surface area contributed by atoms with E-state index in [0.29, 0.717) is 29.0 Å². The molecular weight excluding hydrogens is 427 g/mol. The van der Waals surface area contributed by atoms with Crippen molar-refractivity contribution < 1.29 is 22.6 Å². The normalized spacial score (nSPS) is 18.5. The number of hydrogen-bond acceptors (Lipinski definition) is 4. The summed E-state index contributed by atoms with van der Waals surface area (Å²) in [5.74, 6) is -0.861. The first-order valence-electron chi connectivity index (χ1n) is 7.95. The Balaban J connectivity index is 1.91. The van der Waals surface area contributed by atoms with Gasteiger partial charge in [-0.25, -0.2) is 9.37 Å². The van der Waals surface area contributed by atoms with Crippen LogP contribution in [-0.2, 0) is 4.74 Å². The van der Waals surface area contributed by atoms with Gasteiger partial charge in [-0.2, -0.15) is 14.0 Å². The Labute approximate surface area is 160 Å². The molecule has 0 bridgehead atoms. The van der Waals surface area contributed by atoms with Crippen molar-refractivity contribution in [2.24, 2.45) is 0 Å². The first-order chi connectivity index (χ1) is 13.0. The van der Waals surface area contributed by atoms with E-state index in [1.807, 2.05) is 0 Å². The van der Waals surface area contributed by atoms with Gasteiger partial charge in [-0.05, 0) is 22.0 Å². The zero-order valence-corrected chi connectivity index (χ0v) is 15.2. The fourth-order valence-corrected chi connectivity index (χ4v) is 3.83. The summed E-state index contributed by atoms with van der Waals surface area (Å²) >= 11 is 3.15. The lowest BCUT2D eigenvalue weighted by atomic mass is 9.95. The Morgan fingerprint density at radius 1 is 1.33 bits per heavy atom. The van der Waals surface area contributed by atoms with Crippen LogP contribution in [0.15, 0.2) is 41.0 Å². The highest BCUT2D eigenvalue weighted by Crippen LogP contribution is 2.48. The highest BCUT2D eigenvalue weighted by molar-refractivity contribution is 9.10. The quantitative estimate of drug-likeness (QED) is 0.544. The molecule has 0 saturated heterocycles. The fraction of sp³-hybridized carbons (Fsp3) is 0.222. The SMILES string of the molecule is N#COC1C[C@H](c2ccccc2OC(F)F)c2c1nc1cc(F)c(Br)cn21. The van der Waals surface area contributed by atoms with Crippen molar-refractivity contribution in [2.45, 2.75) is 25.1 Å². The first kappa shape index (κ1) is 17.7. The van der Waals surface area contributed by atoms with Crippen LogP contribution in [0.5, 0.6) is 5.75 Å². The molecule has 2 atom stereocenters. The zero-order chi connectivity index (χ0) is 19.1. The van der Waals surface area contributed by atoms with Gasteiger partial charge >= 0.3 is 6.61 Å². The van der Waals surface area contributed by atoms with E-state index in [2.05, 4.69) is 25.7 Å². The van der Waals surface area contributed by atoms with Crippen LogP contribution in [0.1, 0.15) is 35.4 Å². The van der Waals surface area contributed by atoms with Crippen molar-refractivity contribution in [3.8, 4) is 12.0 Å². The molecule has 9 heteroatoms. The van der Waals surface area contributed by atoms with Crippen LogP contribution in [-0.4, -0.2) is 16.0 Å². The van der Waals surface area contributed by atoms with Crippen molar-refractivity contribution in [1.29, 1.82) is 5.26 Å². The Morgan fingerprint density at radius 2 is 2.11 bits per heavy atom. The second-order valence-corrected chi connectivity index (χ2v) is 6.84. The molecule has 1 aliphatic rings. The molecule has 0 saturated carbocycles. The van der Waals surface area contributed by atoms with Gasteiger partial charge in [0.15, 0.2) is 6.10 Å². The second kappa shape index (κ2) is 6.78. The predicted octanol–water partition coefficient (Wildman–Crippen LogP) is 4.91. The second-order valence-electron chi connectivity index (χ2n) is 5.98. The molecule has 1 unspecified atom stereocenters. The van der Waals surface area contributed by atoms with Gasteiger partial charge < -0.3 is 13.9 Å². The molecule has 1 aliphatic carbocycles. The number of pyridine rings is 1. The van der Waals surface area contributed by atoms with E-state index >= 15 is 0 Å². The molecular formula is C18H11BrF3N3O2. The van der Waals surface area contributed by atoms with Crippen molar-refractivity contribution in [3.05, 3.63) is 63.8 Å². The lowest BCUT2D eigenvalue weighted by molar-refractivity contribution is -0.0506. The molecule has 0 aliphatic heterocycles. The van der Waals surface area contributed by atoms with Gasteiger partial charge in [0.2, 0.25) is 0 Å². The molecule has 3 aromatic rings. The lowest BCUT2D eigenvalue weighted by Crippen LogP contribution is -2.08. The number of halogens is 4. The number of rotatable bonds is 4. The maximum Gasteiger partial charge on any atom is 0.387 e. The number of nitrogens with zero attached hydrogens (tertiary/aromatic N) is 3. The number of imidazole rings is 1. The van der Waals surface area contributed by atoms with Gasteiger partial charge in [0.25, 0.3) is 6.26 Å². The third-order valence-electron chi connectivity index (χ3n) is 4.52. The predicted molar refractivity (Wildman–Crippen MR) is 91.8 cm³/mol. The van der Waals surface area contributed by atoms with Crippen molar-refractivity contribution in [1.82, 2.24) is 9.38 Å². The topological polar surface area (TPSA) is 59.5 Å². The van der Waals surface area contributed by atoms with Crippen LogP contribution < -0.4 is 4.74 Å². The summed E-state index contributed by atoms with van der Waals surface area (Å²) in [6, 6.07) is 7.70. The van der Waals surface area contributed by atoms with Crippen molar-refractivity contribution in [3.63, 3.8) is 0 Å². The Morgan fingerprint density at radius 3 is 2.85 bits per heavy atom. The molecule has 0 radical (unpaired) electrons. The monoisotopic (exact) mass is 437 g/mol. The fourth-order valence-electron chi connectivity index (χ4n) is 3.51. The van der Waals surface area contributed by atoms with Crippen LogP contribution in [0.4, 0.5) is 13.2 Å². The Kier molecular flexibility index (Phi) is 4.44. The van der Waals surface area contributed by atoms with Gasteiger partial charge in [-0.3, -0.25) is 0 Å². The van der Waals surface area contributed by atoms with Gasteiger partial charge in [0.05, 0.1) is 10.2 Å². The lowest BCUT2D eigenvalue weighted by Gasteiger charge is -2.17. The summed E-state index contributed by atoms with van der Waals surface area (Å²) in [5.41, 5.74) is 1.98. The van der Waals surface area contributed by atoms with E-state index in [-0.39, 0.29) is 10.2 Å². The Bertz CT molecular complexity index is 1060. The summed E-state index contributed by atoms with van der Waals surface area (Å²) in [6.45, 7) is -2.97. The summed E-state index contributed by atoms with van der Waals surface area (Å²) in [5, 5.41) is 8.95. The maximum absolute atomic E-state index is 13.9. The number of fused-ring (bicyclic) bond motifs is 3. The van der Waals surface area contributed by atoms with E-state index < -0.39 is 24.5 Å². The molecule has 1 aromatic carbocycles. The largest absolute Gasteiger partial charge is 0.435 e. The Hall–Kier alpha value is -2.73. The van der Waals surface area contributed by atoms with Gasteiger partial charge in [-0.15, -0.1) is 0 Å². The van der Waals surface area contributed by atoms with Crippen LogP contribution in [0.25, 0.3) is 5.65 Å². The zero-order valence-electron chi connectivity index (χ0n) is 13.6. The van der Waals surface area contributed by atoms with Crippen molar-refractivity contribution in [2.75, 3.05) is 0 Å². The van der Waals surface area contributed by atoms with Gasteiger partial charge in [0, 0.05) is 30.2 Å². The molecule has 138 valence electrons. The smallest absolute Gasteiger partial charge is 0.387 e. The molecule has 4 rings (SSSR count). The molecule has 27 heavy (non-hydrogen) atoms. The molecule has 2 heterocycles. The average Bonchev–Trinajstić information content (AvgIpc) is 3.14. The van der Waals surface area contributed by atoms with E-state index in [9.17, 15) is 13.2 Å². The number of nitriles is 1. The van der Waals surface area contributed by atoms with Crippen LogP contribution in [0, 0.1) is 17.3 Å². The van der Waals surface area contributed by atoms with Crippen LogP contribution in [0.3, 0.4) is 0 Å². The standard InChI is InChI=1S/C18H11BrF3N3O2/c19-11-7-25-15(6-12(11)20)24-16-14(26-8-23)5-10(17(16)25)9-3-1-2-4-13(9)27-18(21)22/h1-4,6-7,10,14,18H,5H2/t10-,14?/m1/s1. The molecule has 5 nitrogen and oxygen atoms in total. The molecule has 0 N–H and O–H groups in total. The number of alkyl halides is 2. The maximum atomic E-state index is 13.9. The minimum absolute atomic E-state index is 0.0391. The van der Waals surface area contributed by atoms with E-state index in [0.717, 1.165) is 0 Å². The number of aromatic nitrogens is 2. The van der Waals surface area contributed by atoms with E-state index in [1.165, 1.54) is 18.3 Å². The summed E-state index contributed by atoms with van der Waals surface area (Å²) in [6.07, 6.45) is 2.85. The van der Waals surface area contributed by atoms with Crippen molar-refractivity contribution >= 4 is 21.6 Å². The minimum atomic E-state index is -2.97. The highest BCUT2D eigenvalue weighted by Gasteiger charge is 2.39. The molecule has 0 spiro atoms. The van der Waals surface area contributed by atoms with E-state index in [4.69, 9.17) is 10.00 Å². The number of benzene rings is 1. The van der Waals surface area contributed by atoms with Gasteiger partial charge in [0.1, 0.15) is 22.9 Å². The summed E-state index contributed by atoms with van der Waals surface area (Å²) in [7, 11) is 0. The van der Waals surface area contributed by atoms with E-state index in [1.54, 1.807) is 28.9 Å².